The molecular formula is C27H21ClN2OS. The molecule has 0 bridgehead atoms. The molecule has 32 heavy (non-hydrogen) atoms. The zero-order valence-electron chi connectivity index (χ0n) is 17.8. The number of thioether (sulfide) groups is 1. The van der Waals surface area contributed by atoms with E-state index in [0.29, 0.717) is 21.4 Å². The van der Waals surface area contributed by atoms with Crippen LogP contribution >= 0.6 is 23.4 Å². The number of nitriles is 1. The molecule has 0 fully saturated rings. The van der Waals surface area contributed by atoms with Crippen LogP contribution in [0.5, 0.6) is 5.75 Å². The first kappa shape index (κ1) is 22.0. The van der Waals surface area contributed by atoms with Crippen molar-refractivity contribution in [3.05, 3.63) is 101 Å². The van der Waals surface area contributed by atoms with Gasteiger partial charge < -0.3 is 4.74 Å². The Kier molecular flexibility index (Phi) is 6.80. The third kappa shape index (κ3) is 4.80. The fourth-order valence-corrected chi connectivity index (χ4v) is 4.50. The maximum Gasteiger partial charge on any atom is 0.126 e. The largest absolute Gasteiger partial charge is 0.496 e. The molecule has 1 heterocycles. The van der Waals surface area contributed by atoms with Crippen molar-refractivity contribution in [1.29, 1.82) is 5.26 Å². The second kappa shape index (κ2) is 9.91. The predicted molar refractivity (Wildman–Crippen MR) is 132 cm³/mol. The van der Waals surface area contributed by atoms with E-state index >= 15 is 0 Å². The lowest BCUT2D eigenvalue weighted by molar-refractivity contribution is 0.416. The van der Waals surface area contributed by atoms with Crippen LogP contribution in [0.2, 0.25) is 5.02 Å². The number of aromatic nitrogens is 1. The number of ether oxygens (including phenoxy) is 1. The summed E-state index contributed by atoms with van der Waals surface area (Å²) in [6.07, 6.45) is 0. The SMILES string of the molecule is COc1ccccc1-c1cc(-c2ccc(C)cc2)nc(SCc2ccc(Cl)cc2)c1C#N. The van der Waals surface area contributed by atoms with Crippen molar-refractivity contribution in [2.24, 2.45) is 0 Å². The molecule has 0 aliphatic rings. The molecule has 0 saturated heterocycles. The average molecular weight is 457 g/mol. The molecular weight excluding hydrogens is 436 g/mol. The molecule has 0 amide bonds. The Morgan fingerprint density at radius 3 is 2.38 bits per heavy atom. The van der Waals surface area contributed by atoms with Gasteiger partial charge in [0.2, 0.25) is 0 Å². The molecule has 5 heteroatoms. The molecule has 0 spiro atoms. The van der Waals surface area contributed by atoms with E-state index in [4.69, 9.17) is 21.3 Å². The highest BCUT2D eigenvalue weighted by Crippen LogP contribution is 2.38. The van der Waals surface area contributed by atoms with Gasteiger partial charge >= 0.3 is 0 Å². The van der Waals surface area contributed by atoms with Gasteiger partial charge in [-0.05, 0) is 36.8 Å². The maximum absolute atomic E-state index is 10.1. The van der Waals surface area contributed by atoms with Crippen LogP contribution in [0.25, 0.3) is 22.4 Å². The number of rotatable bonds is 6. The highest BCUT2D eigenvalue weighted by atomic mass is 35.5. The van der Waals surface area contributed by atoms with Crippen LogP contribution in [0, 0.1) is 18.3 Å². The Morgan fingerprint density at radius 1 is 0.969 bits per heavy atom. The van der Waals surface area contributed by atoms with Crippen molar-refractivity contribution in [2.75, 3.05) is 7.11 Å². The minimum absolute atomic E-state index is 0.546. The van der Waals surface area contributed by atoms with Crippen LogP contribution in [0.3, 0.4) is 0 Å². The standard InChI is InChI=1S/C27H21ClN2OS/c1-18-7-11-20(12-8-18)25-15-23(22-5-3-4-6-26(22)31-2)24(16-29)27(30-25)32-17-19-9-13-21(28)14-10-19/h3-15H,17H2,1-2H3. The lowest BCUT2D eigenvalue weighted by atomic mass is 9.98. The second-order valence-corrected chi connectivity index (χ2v) is 8.73. The van der Waals surface area contributed by atoms with Gasteiger partial charge in [0.1, 0.15) is 16.8 Å². The Morgan fingerprint density at radius 2 is 1.69 bits per heavy atom. The lowest BCUT2D eigenvalue weighted by Crippen LogP contribution is -1.98. The van der Waals surface area contributed by atoms with Gasteiger partial charge in [0.25, 0.3) is 0 Å². The minimum atomic E-state index is 0.546. The Bertz CT molecular complexity index is 1280. The summed E-state index contributed by atoms with van der Waals surface area (Å²) in [5.74, 6) is 1.40. The summed E-state index contributed by atoms with van der Waals surface area (Å²) in [5.41, 5.74) is 6.36. The van der Waals surface area contributed by atoms with Gasteiger partial charge in [-0.2, -0.15) is 5.26 Å². The highest BCUT2D eigenvalue weighted by Gasteiger charge is 2.18. The molecule has 0 radical (unpaired) electrons. The number of methoxy groups -OCH3 is 1. The molecule has 0 N–H and O–H groups in total. The van der Waals surface area contributed by atoms with Crippen LogP contribution in [-0.4, -0.2) is 12.1 Å². The molecule has 3 nitrogen and oxygen atoms in total. The summed E-state index contributed by atoms with van der Waals surface area (Å²) < 4.78 is 5.59. The normalized spacial score (nSPS) is 10.6. The van der Waals surface area contributed by atoms with Gasteiger partial charge in [-0.3, -0.25) is 0 Å². The molecule has 0 atom stereocenters. The molecule has 0 saturated carbocycles. The molecule has 0 aliphatic heterocycles. The van der Waals surface area contributed by atoms with Crippen LogP contribution < -0.4 is 4.74 Å². The van der Waals surface area contributed by atoms with Crippen molar-refractivity contribution in [1.82, 2.24) is 4.98 Å². The Balaban J connectivity index is 1.85. The van der Waals surface area contributed by atoms with Crippen molar-refractivity contribution < 1.29 is 4.74 Å². The predicted octanol–water partition coefficient (Wildman–Crippen LogP) is 7.55. The van der Waals surface area contributed by atoms with Gasteiger partial charge in [-0.15, -0.1) is 11.8 Å². The summed E-state index contributed by atoms with van der Waals surface area (Å²) in [7, 11) is 1.64. The van der Waals surface area contributed by atoms with Crippen LogP contribution in [-0.2, 0) is 5.75 Å². The summed E-state index contributed by atoms with van der Waals surface area (Å²) in [4.78, 5) is 4.89. The highest BCUT2D eigenvalue weighted by molar-refractivity contribution is 7.98. The summed E-state index contributed by atoms with van der Waals surface area (Å²) in [6.45, 7) is 2.06. The van der Waals surface area contributed by atoms with E-state index in [2.05, 4.69) is 37.3 Å². The van der Waals surface area contributed by atoms with Gasteiger partial charge in [-0.25, -0.2) is 4.98 Å². The molecule has 3 aromatic carbocycles. The van der Waals surface area contributed by atoms with E-state index in [1.807, 2.05) is 54.6 Å². The molecule has 0 aliphatic carbocycles. The first-order valence-corrected chi connectivity index (χ1v) is 11.5. The van der Waals surface area contributed by atoms with Crippen LogP contribution in [0.1, 0.15) is 16.7 Å². The summed E-state index contributed by atoms with van der Waals surface area (Å²) in [6, 6.07) is 28.1. The number of hydrogen-bond acceptors (Lipinski definition) is 4. The smallest absolute Gasteiger partial charge is 0.126 e. The molecule has 4 rings (SSSR count). The number of hydrogen-bond donors (Lipinski definition) is 0. The fourth-order valence-electron chi connectivity index (χ4n) is 3.42. The lowest BCUT2D eigenvalue weighted by Gasteiger charge is -2.15. The zero-order chi connectivity index (χ0) is 22.5. The van der Waals surface area contributed by atoms with Gasteiger partial charge in [-0.1, -0.05) is 71.8 Å². The van der Waals surface area contributed by atoms with E-state index in [1.54, 1.807) is 18.9 Å². The van der Waals surface area contributed by atoms with Gasteiger partial charge in [0.05, 0.1) is 18.4 Å². The zero-order valence-corrected chi connectivity index (χ0v) is 19.4. The number of nitrogens with zero attached hydrogens (tertiary/aromatic N) is 2. The Labute approximate surface area is 197 Å². The van der Waals surface area contributed by atoms with Crippen LogP contribution in [0.15, 0.2) is 83.9 Å². The number of halogens is 1. The van der Waals surface area contributed by atoms with Crippen molar-refractivity contribution in [3.63, 3.8) is 0 Å². The first-order valence-electron chi connectivity index (χ1n) is 10.1. The number of para-hydroxylation sites is 1. The monoisotopic (exact) mass is 456 g/mol. The van der Waals surface area contributed by atoms with Crippen molar-refractivity contribution >= 4 is 23.4 Å². The molecule has 0 unspecified atom stereocenters. The Hall–Kier alpha value is -3.26. The maximum atomic E-state index is 10.1. The second-order valence-electron chi connectivity index (χ2n) is 7.33. The topological polar surface area (TPSA) is 45.9 Å². The number of pyridine rings is 1. The van der Waals surface area contributed by atoms with E-state index in [9.17, 15) is 5.26 Å². The molecule has 158 valence electrons. The van der Waals surface area contributed by atoms with Crippen LogP contribution in [0.4, 0.5) is 0 Å². The molecule has 4 aromatic rings. The molecule has 1 aromatic heterocycles. The van der Waals surface area contributed by atoms with Crippen molar-refractivity contribution in [2.45, 2.75) is 17.7 Å². The van der Waals surface area contributed by atoms with Gasteiger partial charge in [0, 0.05) is 27.5 Å². The third-order valence-corrected chi connectivity index (χ3v) is 6.43. The minimum Gasteiger partial charge on any atom is -0.496 e. The fraction of sp³-hybridized carbons (Fsp3) is 0.111. The van der Waals surface area contributed by atoms with Gasteiger partial charge in [0.15, 0.2) is 0 Å². The van der Waals surface area contributed by atoms with E-state index in [0.717, 1.165) is 33.7 Å². The number of benzene rings is 3. The average Bonchev–Trinajstić information content (AvgIpc) is 2.83. The summed E-state index contributed by atoms with van der Waals surface area (Å²) in [5, 5.41) is 11.5. The quantitative estimate of drug-likeness (QED) is 0.281. The summed E-state index contributed by atoms with van der Waals surface area (Å²) >= 11 is 7.57. The van der Waals surface area contributed by atoms with Crippen molar-refractivity contribution in [3.8, 4) is 34.2 Å². The van der Waals surface area contributed by atoms with E-state index in [1.165, 1.54) is 5.56 Å². The first-order chi connectivity index (χ1) is 15.6. The van der Waals surface area contributed by atoms with E-state index < -0.39 is 0 Å². The number of aryl methyl sites for hydroxylation is 1. The third-order valence-electron chi connectivity index (χ3n) is 5.13. The van der Waals surface area contributed by atoms with E-state index in [-0.39, 0.29) is 0 Å².